The molecule has 5 nitrogen and oxygen atoms in total. The van der Waals surface area contributed by atoms with Crippen molar-refractivity contribution < 1.29 is 14.3 Å². The lowest BCUT2D eigenvalue weighted by Gasteiger charge is -2.20. The Morgan fingerprint density at radius 1 is 1.50 bits per heavy atom. The highest BCUT2D eigenvalue weighted by atomic mass is 16.5. The lowest BCUT2D eigenvalue weighted by molar-refractivity contribution is -0.126. The molecule has 1 aromatic carbocycles. The van der Waals surface area contributed by atoms with Crippen LogP contribution in [-0.4, -0.2) is 31.8 Å². The number of amides is 1. The summed E-state index contributed by atoms with van der Waals surface area (Å²) < 4.78 is 10.2. The maximum Gasteiger partial charge on any atom is 0.242 e. The summed E-state index contributed by atoms with van der Waals surface area (Å²) in [6.07, 6.45) is 0.571. The van der Waals surface area contributed by atoms with Crippen LogP contribution in [0.1, 0.15) is 12.0 Å². The number of nitrogens with two attached hydrogens (primary N) is 1. The molecule has 1 aromatic rings. The zero-order valence-corrected chi connectivity index (χ0v) is 10.4. The van der Waals surface area contributed by atoms with Crippen LogP contribution in [-0.2, 0) is 16.1 Å². The van der Waals surface area contributed by atoms with E-state index in [1.165, 1.54) is 0 Å². The summed E-state index contributed by atoms with van der Waals surface area (Å²) in [5.74, 6) is 0.639. The Morgan fingerprint density at radius 3 is 2.78 bits per heavy atom. The molecule has 5 heteroatoms. The van der Waals surface area contributed by atoms with Gasteiger partial charge in [-0.15, -0.1) is 0 Å². The van der Waals surface area contributed by atoms with Gasteiger partial charge in [-0.05, 0) is 24.1 Å². The van der Waals surface area contributed by atoms with Crippen molar-refractivity contribution in [3.05, 3.63) is 29.8 Å². The van der Waals surface area contributed by atoms with E-state index in [1.54, 1.807) is 7.11 Å². The van der Waals surface area contributed by atoms with E-state index >= 15 is 0 Å². The van der Waals surface area contributed by atoms with Crippen molar-refractivity contribution in [2.75, 3.05) is 20.3 Å². The van der Waals surface area contributed by atoms with Crippen LogP contribution in [0, 0.1) is 0 Å². The number of hydrogen-bond acceptors (Lipinski definition) is 4. The van der Waals surface area contributed by atoms with Crippen LogP contribution in [0.15, 0.2) is 24.3 Å². The first-order valence-corrected chi connectivity index (χ1v) is 5.92. The summed E-state index contributed by atoms with van der Waals surface area (Å²) in [5.41, 5.74) is 6.09. The number of nitrogens with one attached hydrogen (secondary N) is 1. The first-order chi connectivity index (χ1) is 8.64. The van der Waals surface area contributed by atoms with Crippen molar-refractivity contribution in [2.24, 2.45) is 5.73 Å². The Hall–Kier alpha value is -1.59. The van der Waals surface area contributed by atoms with E-state index in [-0.39, 0.29) is 5.91 Å². The van der Waals surface area contributed by atoms with Crippen LogP contribution in [0.2, 0.25) is 0 Å². The van der Waals surface area contributed by atoms with Crippen LogP contribution >= 0.6 is 0 Å². The predicted molar refractivity (Wildman–Crippen MR) is 67.2 cm³/mol. The van der Waals surface area contributed by atoms with Gasteiger partial charge < -0.3 is 20.5 Å². The van der Waals surface area contributed by atoms with E-state index in [1.807, 2.05) is 24.3 Å². The molecule has 18 heavy (non-hydrogen) atoms. The quantitative estimate of drug-likeness (QED) is 0.812. The minimum absolute atomic E-state index is 0.157. The molecule has 1 heterocycles. The molecule has 3 N–H and O–H groups in total. The molecule has 1 unspecified atom stereocenters. The van der Waals surface area contributed by atoms with Gasteiger partial charge in [0.1, 0.15) is 11.3 Å². The summed E-state index contributed by atoms with van der Waals surface area (Å²) in [7, 11) is 1.62. The monoisotopic (exact) mass is 250 g/mol. The maximum atomic E-state index is 11.9. The summed E-state index contributed by atoms with van der Waals surface area (Å²) >= 11 is 0. The van der Waals surface area contributed by atoms with Gasteiger partial charge in [-0.25, -0.2) is 0 Å². The summed E-state index contributed by atoms with van der Waals surface area (Å²) in [5, 5.41) is 2.83. The largest absolute Gasteiger partial charge is 0.497 e. The van der Waals surface area contributed by atoms with E-state index in [0.29, 0.717) is 26.2 Å². The molecule has 1 amide bonds. The topological polar surface area (TPSA) is 73.6 Å². The van der Waals surface area contributed by atoms with E-state index < -0.39 is 5.54 Å². The fraction of sp³-hybridized carbons (Fsp3) is 0.462. The van der Waals surface area contributed by atoms with Gasteiger partial charge in [0.2, 0.25) is 5.91 Å². The highest BCUT2D eigenvalue weighted by molar-refractivity contribution is 5.86. The van der Waals surface area contributed by atoms with E-state index in [2.05, 4.69) is 5.32 Å². The van der Waals surface area contributed by atoms with Crippen molar-refractivity contribution in [1.82, 2.24) is 5.32 Å². The molecule has 1 aliphatic heterocycles. The third kappa shape index (κ3) is 2.80. The second-order valence-electron chi connectivity index (χ2n) is 4.49. The average molecular weight is 250 g/mol. The molecular formula is C13H18N2O3. The lowest BCUT2D eigenvalue weighted by Crippen LogP contribution is -2.54. The molecule has 1 aliphatic rings. The molecule has 2 rings (SSSR count). The van der Waals surface area contributed by atoms with Crippen LogP contribution in [0.25, 0.3) is 0 Å². The molecule has 0 radical (unpaired) electrons. The van der Waals surface area contributed by atoms with Crippen molar-refractivity contribution >= 4 is 5.91 Å². The van der Waals surface area contributed by atoms with Crippen molar-refractivity contribution in [3.8, 4) is 5.75 Å². The van der Waals surface area contributed by atoms with Gasteiger partial charge in [-0.1, -0.05) is 12.1 Å². The molecule has 0 spiro atoms. The Balaban J connectivity index is 1.88. The smallest absolute Gasteiger partial charge is 0.242 e. The molecule has 0 aromatic heterocycles. The fourth-order valence-corrected chi connectivity index (χ4v) is 1.86. The second-order valence-corrected chi connectivity index (χ2v) is 4.49. The van der Waals surface area contributed by atoms with Gasteiger partial charge in [0.05, 0.1) is 13.7 Å². The zero-order chi connectivity index (χ0) is 13.0. The lowest BCUT2D eigenvalue weighted by atomic mass is 9.99. The molecule has 0 aliphatic carbocycles. The molecule has 0 saturated carbocycles. The molecule has 0 bridgehead atoms. The van der Waals surface area contributed by atoms with Crippen LogP contribution in [0.4, 0.5) is 0 Å². The van der Waals surface area contributed by atoms with E-state index in [4.69, 9.17) is 15.2 Å². The zero-order valence-electron chi connectivity index (χ0n) is 10.4. The van der Waals surface area contributed by atoms with Crippen molar-refractivity contribution in [1.29, 1.82) is 0 Å². The molecule has 1 fully saturated rings. The average Bonchev–Trinajstić information content (AvgIpc) is 2.85. The van der Waals surface area contributed by atoms with Crippen LogP contribution in [0.5, 0.6) is 5.75 Å². The Kier molecular flexibility index (Phi) is 3.84. The Morgan fingerprint density at radius 2 is 2.22 bits per heavy atom. The van der Waals surface area contributed by atoms with Gasteiger partial charge in [-0.3, -0.25) is 4.79 Å². The van der Waals surface area contributed by atoms with Crippen molar-refractivity contribution in [2.45, 2.75) is 18.5 Å². The van der Waals surface area contributed by atoms with E-state index in [9.17, 15) is 4.79 Å². The highest BCUT2D eigenvalue weighted by Gasteiger charge is 2.37. The minimum atomic E-state index is -0.869. The minimum Gasteiger partial charge on any atom is -0.497 e. The van der Waals surface area contributed by atoms with Crippen LogP contribution < -0.4 is 15.8 Å². The third-order valence-corrected chi connectivity index (χ3v) is 3.12. The number of benzene rings is 1. The van der Waals surface area contributed by atoms with Crippen molar-refractivity contribution in [3.63, 3.8) is 0 Å². The molecule has 98 valence electrons. The standard InChI is InChI=1S/C13H18N2O3/c1-17-11-4-2-10(3-5-11)8-15-12(16)13(14)6-7-18-9-13/h2-5H,6-9,14H2,1H3,(H,15,16). The number of methoxy groups -OCH3 is 1. The first kappa shape index (κ1) is 12.9. The normalized spacial score (nSPS) is 22.8. The Bertz CT molecular complexity index is 411. The molecule has 1 atom stereocenters. The number of hydrogen-bond donors (Lipinski definition) is 2. The van der Waals surface area contributed by atoms with E-state index in [0.717, 1.165) is 11.3 Å². The summed E-state index contributed by atoms with van der Waals surface area (Å²) in [4.78, 5) is 11.9. The van der Waals surface area contributed by atoms with Gasteiger partial charge in [0.15, 0.2) is 0 Å². The van der Waals surface area contributed by atoms with Gasteiger partial charge in [-0.2, -0.15) is 0 Å². The predicted octanol–water partition coefficient (Wildman–Crippen LogP) is 0.429. The fourth-order valence-electron chi connectivity index (χ4n) is 1.86. The molecular weight excluding hydrogens is 232 g/mol. The summed E-state index contributed by atoms with van der Waals surface area (Å²) in [6, 6.07) is 7.54. The first-order valence-electron chi connectivity index (χ1n) is 5.92. The number of carbonyl (C=O) groups is 1. The summed E-state index contributed by atoms with van der Waals surface area (Å²) in [6.45, 7) is 1.30. The van der Waals surface area contributed by atoms with Gasteiger partial charge in [0.25, 0.3) is 0 Å². The molecule has 1 saturated heterocycles. The van der Waals surface area contributed by atoms with Gasteiger partial charge >= 0.3 is 0 Å². The van der Waals surface area contributed by atoms with Gasteiger partial charge in [0, 0.05) is 13.2 Å². The SMILES string of the molecule is COc1ccc(CNC(=O)C2(N)CCOC2)cc1. The number of carbonyl (C=O) groups excluding carboxylic acids is 1. The highest BCUT2D eigenvalue weighted by Crippen LogP contribution is 2.16. The maximum absolute atomic E-state index is 11.9. The number of ether oxygens (including phenoxy) is 2. The third-order valence-electron chi connectivity index (χ3n) is 3.12. The van der Waals surface area contributed by atoms with Crippen LogP contribution in [0.3, 0.4) is 0 Å². The number of rotatable bonds is 4. The second kappa shape index (κ2) is 5.37. The Labute approximate surface area is 106 Å².